The first-order valence-corrected chi connectivity index (χ1v) is 9.30. The molecule has 2 rings (SSSR count). The van der Waals surface area contributed by atoms with Crippen molar-refractivity contribution in [2.75, 3.05) is 6.61 Å². The molecule has 0 saturated heterocycles. The first-order chi connectivity index (χ1) is 10.8. The van der Waals surface area contributed by atoms with Gasteiger partial charge in [0.15, 0.2) is 0 Å². The molecule has 1 aromatic carbocycles. The molecule has 0 radical (unpaired) electrons. The Balaban J connectivity index is 2.05. The minimum Gasteiger partial charge on any atom is -0.494 e. The number of rotatable bonds is 6. The van der Waals surface area contributed by atoms with Crippen LogP contribution in [0.3, 0.4) is 0 Å². The zero-order valence-electron chi connectivity index (χ0n) is 13.4. The van der Waals surface area contributed by atoms with Crippen LogP contribution in [-0.2, 0) is 14.8 Å². The fourth-order valence-electron chi connectivity index (χ4n) is 2.85. The maximum absolute atomic E-state index is 12.5. The van der Waals surface area contributed by atoms with Gasteiger partial charge < -0.3 is 9.84 Å². The van der Waals surface area contributed by atoms with Gasteiger partial charge in [0.1, 0.15) is 5.75 Å². The van der Waals surface area contributed by atoms with E-state index >= 15 is 0 Å². The topological polar surface area (TPSA) is 92.7 Å². The van der Waals surface area contributed by atoms with Crippen molar-refractivity contribution >= 4 is 16.0 Å². The summed E-state index contributed by atoms with van der Waals surface area (Å²) in [7, 11) is -3.60. The molecule has 128 valence electrons. The number of nitrogens with one attached hydrogen (secondary N) is 1. The van der Waals surface area contributed by atoms with E-state index < -0.39 is 16.0 Å². The van der Waals surface area contributed by atoms with Crippen LogP contribution in [0.4, 0.5) is 0 Å². The number of aliphatic carboxylic acids is 1. The van der Waals surface area contributed by atoms with Gasteiger partial charge in [-0.25, -0.2) is 13.1 Å². The van der Waals surface area contributed by atoms with Crippen LogP contribution in [0.5, 0.6) is 5.75 Å². The maximum Gasteiger partial charge on any atom is 0.306 e. The highest BCUT2D eigenvalue weighted by Gasteiger charge is 2.29. The van der Waals surface area contributed by atoms with E-state index in [9.17, 15) is 13.2 Å². The molecule has 23 heavy (non-hydrogen) atoms. The van der Waals surface area contributed by atoms with Crippen molar-refractivity contribution in [2.24, 2.45) is 5.92 Å². The van der Waals surface area contributed by atoms with E-state index in [4.69, 9.17) is 9.84 Å². The molecular weight excluding hydrogens is 318 g/mol. The van der Waals surface area contributed by atoms with Gasteiger partial charge in [-0.3, -0.25) is 4.79 Å². The summed E-state index contributed by atoms with van der Waals surface area (Å²) >= 11 is 0. The molecule has 7 heteroatoms. The van der Waals surface area contributed by atoms with Crippen LogP contribution in [0.15, 0.2) is 23.1 Å². The molecular formula is C16H23NO5S. The Morgan fingerprint density at radius 1 is 1.30 bits per heavy atom. The zero-order valence-corrected chi connectivity index (χ0v) is 14.2. The van der Waals surface area contributed by atoms with Gasteiger partial charge >= 0.3 is 5.97 Å². The number of benzene rings is 1. The van der Waals surface area contributed by atoms with Gasteiger partial charge in [0, 0.05) is 6.04 Å². The lowest BCUT2D eigenvalue weighted by atomic mass is 9.87. The fourth-order valence-corrected chi connectivity index (χ4v) is 4.24. The van der Waals surface area contributed by atoms with Crippen LogP contribution in [-0.4, -0.2) is 32.1 Å². The van der Waals surface area contributed by atoms with Crippen molar-refractivity contribution in [3.05, 3.63) is 23.8 Å². The van der Waals surface area contributed by atoms with Gasteiger partial charge in [0.05, 0.1) is 17.4 Å². The Kier molecular flexibility index (Phi) is 5.64. The molecule has 1 aliphatic carbocycles. The first kappa shape index (κ1) is 17.7. The Morgan fingerprint density at radius 2 is 1.96 bits per heavy atom. The number of aryl methyl sites for hydroxylation is 1. The summed E-state index contributed by atoms with van der Waals surface area (Å²) in [5, 5.41) is 8.98. The van der Waals surface area contributed by atoms with Crippen LogP contribution in [0.1, 0.15) is 38.2 Å². The lowest BCUT2D eigenvalue weighted by Crippen LogP contribution is -2.38. The summed E-state index contributed by atoms with van der Waals surface area (Å²) in [4.78, 5) is 11.1. The van der Waals surface area contributed by atoms with Crippen molar-refractivity contribution in [2.45, 2.75) is 50.5 Å². The van der Waals surface area contributed by atoms with Crippen LogP contribution in [0.25, 0.3) is 0 Å². The van der Waals surface area contributed by atoms with Gasteiger partial charge in [-0.1, -0.05) is 0 Å². The van der Waals surface area contributed by atoms with Crippen molar-refractivity contribution in [3.63, 3.8) is 0 Å². The number of ether oxygens (including phenoxy) is 1. The number of sulfonamides is 1. The Morgan fingerprint density at radius 3 is 2.48 bits per heavy atom. The van der Waals surface area contributed by atoms with Crippen molar-refractivity contribution in [1.82, 2.24) is 4.72 Å². The van der Waals surface area contributed by atoms with Crippen LogP contribution < -0.4 is 9.46 Å². The van der Waals surface area contributed by atoms with Crippen LogP contribution in [0.2, 0.25) is 0 Å². The minimum atomic E-state index is -3.60. The van der Waals surface area contributed by atoms with E-state index in [1.54, 1.807) is 12.1 Å². The smallest absolute Gasteiger partial charge is 0.306 e. The molecule has 0 atom stereocenters. The minimum absolute atomic E-state index is 0.206. The number of carboxylic acid groups (broad SMARTS) is 1. The molecule has 0 aliphatic heterocycles. The number of carbonyl (C=O) groups is 1. The first-order valence-electron chi connectivity index (χ1n) is 7.82. The summed E-state index contributed by atoms with van der Waals surface area (Å²) < 4.78 is 33.0. The van der Waals surface area contributed by atoms with Gasteiger partial charge in [-0.2, -0.15) is 0 Å². The molecule has 0 amide bonds. The van der Waals surface area contributed by atoms with E-state index in [1.807, 2.05) is 13.8 Å². The molecule has 1 fully saturated rings. The molecule has 6 nitrogen and oxygen atoms in total. The number of hydrogen-bond donors (Lipinski definition) is 2. The Labute approximate surface area is 136 Å². The highest BCUT2D eigenvalue weighted by Crippen LogP contribution is 2.27. The molecule has 0 bridgehead atoms. The predicted octanol–water partition coefficient (Wildman–Crippen LogP) is 2.32. The highest BCUT2D eigenvalue weighted by molar-refractivity contribution is 7.89. The average molecular weight is 341 g/mol. The quantitative estimate of drug-likeness (QED) is 0.828. The molecule has 0 spiro atoms. The van der Waals surface area contributed by atoms with Crippen molar-refractivity contribution in [1.29, 1.82) is 0 Å². The molecule has 0 heterocycles. The Bertz CT molecular complexity index is 663. The third-order valence-electron chi connectivity index (χ3n) is 4.15. The SMILES string of the molecule is CCOc1ccc(S(=O)(=O)NC2CCC(C(=O)O)CC2)cc1C. The summed E-state index contributed by atoms with van der Waals surface area (Å²) in [6.45, 7) is 4.21. The summed E-state index contributed by atoms with van der Waals surface area (Å²) in [6, 6.07) is 4.58. The van der Waals surface area contributed by atoms with Gasteiger partial charge in [0.25, 0.3) is 0 Å². The summed E-state index contributed by atoms with van der Waals surface area (Å²) in [5.41, 5.74) is 0.768. The monoisotopic (exact) mass is 341 g/mol. The lowest BCUT2D eigenvalue weighted by Gasteiger charge is -2.26. The predicted molar refractivity (Wildman–Crippen MR) is 86.1 cm³/mol. The molecule has 0 unspecified atom stereocenters. The molecule has 0 aromatic heterocycles. The van der Waals surface area contributed by atoms with Crippen molar-refractivity contribution < 1.29 is 23.1 Å². The second kappa shape index (κ2) is 7.31. The average Bonchev–Trinajstić information content (AvgIpc) is 2.49. The van der Waals surface area contributed by atoms with Crippen LogP contribution >= 0.6 is 0 Å². The van der Waals surface area contributed by atoms with E-state index in [2.05, 4.69) is 4.72 Å². The van der Waals surface area contributed by atoms with E-state index in [-0.39, 0.29) is 16.9 Å². The second-order valence-electron chi connectivity index (χ2n) is 5.87. The van der Waals surface area contributed by atoms with E-state index in [0.29, 0.717) is 38.0 Å². The normalized spacial score (nSPS) is 21.8. The van der Waals surface area contributed by atoms with E-state index in [1.165, 1.54) is 6.07 Å². The molecule has 1 aromatic rings. The standard InChI is InChI=1S/C16H23NO5S/c1-3-22-15-9-8-14(10-11(15)2)23(20,21)17-13-6-4-12(5-7-13)16(18)19/h8-10,12-13,17H,3-7H2,1-2H3,(H,18,19). The van der Waals surface area contributed by atoms with E-state index in [0.717, 1.165) is 5.56 Å². The molecule has 2 N–H and O–H groups in total. The lowest BCUT2D eigenvalue weighted by molar-refractivity contribution is -0.142. The zero-order chi connectivity index (χ0) is 17.0. The molecule has 1 aliphatic rings. The van der Waals surface area contributed by atoms with Gasteiger partial charge in [0.2, 0.25) is 10.0 Å². The number of hydrogen-bond acceptors (Lipinski definition) is 4. The third kappa shape index (κ3) is 4.45. The third-order valence-corrected chi connectivity index (χ3v) is 5.67. The Hall–Kier alpha value is -1.60. The molecule has 1 saturated carbocycles. The van der Waals surface area contributed by atoms with Gasteiger partial charge in [-0.05, 0) is 63.3 Å². The number of carboxylic acids is 1. The van der Waals surface area contributed by atoms with Crippen molar-refractivity contribution in [3.8, 4) is 5.75 Å². The fraction of sp³-hybridized carbons (Fsp3) is 0.562. The van der Waals surface area contributed by atoms with Gasteiger partial charge in [-0.15, -0.1) is 0 Å². The largest absolute Gasteiger partial charge is 0.494 e. The summed E-state index contributed by atoms with van der Waals surface area (Å²) in [6.07, 6.45) is 2.11. The highest BCUT2D eigenvalue weighted by atomic mass is 32.2. The maximum atomic E-state index is 12.5. The van der Waals surface area contributed by atoms with Crippen LogP contribution in [0, 0.1) is 12.8 Å². The second-order valence-corrected chi connectivity index (χ2v) is 7.58. The summed E-state index contributed by atoms with van der Waals surface area (Å²) in [5.74, 6) is -0.481.